The van der Waals surface area contributed by atoms with Gasteiger partial charge < -0.3 is 13.8 Å². The third kappa shape index (κ3) is 6.95. The predicted octanol–water partition coefficient (Wildman–Crippen LogP) is 6.82. The van der Waals surface area contributed by atoms with Crippen LogP contribution in [0.5, 0.6) is 17.2 Å². The van der Waals surface area contributed by atoms with Crippen molar-refractivity contribution >= 4 is 15.3 Å². The average Bonchev–Trinajstić information content (AvgIpc) is 2.84. The van der Waals surface area contributed by atoms with Crippen LogP contribution in [0.2, 0.25) is 0 Å². The van der Waals surface area contributed by atoms with Gasteiger partial charge in [0.2, 0.25) is 0 Å². The summed E-state index contributed by atoms with van der Waals surface area (Å²) in [6.45, 7) is 3.61. The molecule has 1 unspecified atom stereocenters. The Morgan fingerprint density at radius 1 is 0.706 bits per heavy atom. The first kappa shape index (κ1) is 26.0. The second-order valence-corrected chi connectivity index (χ2v) is 10.7. The number of ether oxygens (including phenoxy) is 1. The van der Waals surface area contributed by atoms with Gasteiger partial charge >= 0.3 is 15.3 Å². The highest BCUT2D eigenvalue weighted by molar-refractivity contribution is 7.57. The van der Waals surface area contributed by atoms with Gasteiger partial charge in [-0.05, 0) is 55.8 Å². The zero-order chi connectivity index (χ0) is 24.4. The van der Waals surface area contributed by atoms with E-state index in [-0.39, 0.29) is 13.2 Å². The summed E-state index contributed by atoms with van der Waals surface area (Å²) in [7, 11) is -6.48. The molecule has 1 atom stereocenters. The van der Waals surface area contributed by atoms with Crippen LogP contribution in [0.25, 0.3) is 0 Å². The van der Waals surface area contributed by atoms with Crippen LogP contribution in [-0.2, 0) is 18.2 Å². The zero-order valence-electron chi connectivity index (χ0n) is 19.3. The molecular formula is C24H29NO7P2. The average molecular weight is 505 g/mol. The normalized spacial score (nSPS) is 12.7. The third-order valence-corrected chi connectivity index (χ3v) is 8.54. The van der Waals surface area contributed by atoms with Gasteiger partial charge in [0, 0.05) is 0 Å². The summed E-state index contributed by atoms with van der Waals surface area (Å²) < 4.78 is 56.1. The van der Waals surface area contributed by atoms with Gasteiger partial charge in [0.25, 0.3) is 0 Å². The first-order valence-corrected chi connectivity index (χ1v) is 14.0. The number of hydrogen-bond donors (Lipinski definition) is 1. The predicted molar refractivity (Wildman–Crippen MR) is 131 cm³/mol. The largest absolute Gasteiger partial charge is 0.497 e. The van der Waals surface area contributed by atoms with E-state index in [9.17, 15) is 9.13 Å². The van der Waals surface area contributed by atoms with Gasteiger partial charge in [-0.3, -0.25) is 9.05 Å². The van der Waals surface area contributed by atoms with Gasteiger partial charge in [0.1, 0.15) is 17.2 Å². The third-order valence-electron chi connectivity index (χ3n) is 4.58. The van der Waals surface area contributed by atoms with Crippen molar-refractivity contribution in [3.05, 3.63) is 90.5 Å². The van der Waals surface area contributed by atoms with Crippen LogP contribution < -0.4 is 18.9 Å². The molecule has 1 N–H and O–H groups in total. The summed E-state index contributed by atoms with van der Waals surface area (Å²) in [6.07, 6.45) is 0. The highest BCUT2D eigenvalue weighted by Gasteiger charge is 2.45. The Kier molecular flexibility index (Phi) is 9.34. The molecule has 0 aliphatic rings. The van der Waals surface area contributed by atoms with E-state index in [0.717, 1.165) is 0 Å². The molecule has 3 aromatic rings. The van der Waals surface area contributed by atoms with E-state index in [1.54, 1.807) is 93.8 Å². The highest BCUT2D eigenvalue weighted by atomic mass is 31.2. The Labute approximate surface area is 200 Å². The Balaban J connectivity index is 2.12. The molecule has 0 saturated carbocycles. The number of nitrogens with one attached hydrogen (secondary N) is 1. The molecule has 0 fully saturated rings. The second-order valence-electron chi connectivity index (χ2n) is 6.99. The van der Waals surface area contributed by atoms with Crippen molar-refractivity contribution in [2.45, 2.75) is 19.6 Å². The van der Waals surface area contributed by atoms with Crippen molar-refractivity contribution in [3.63, 3.8) is 0 Å². The fourth-order valence-corrected chi connectivity index (χ4v) is 7.05. The van der Waals surface area contributed by atoms with Crippen LogP contribution >= 0.6 is 15.3 Å². The number of rotatable bonds is 13. The molecule has 0 amide bonds. The lowest BCUT2D eigenvalue weighted by Crippen LogP contribution is -2.25. The summed E-state index contributed by atoms with van der Waals surface area (Å²) in [5.74, 6) is 0.0419. The molecule has 3 aromatic carbocycles. The van der Waals surface area contributed by atoms with E-state index in [1.807, 2.05) is 12.1 Å². The molecule has 0 aromatic heterocycles. The standard InChI is InChI=1S/C24H29NO7P2/c1-4-29-34(27,30-5-2)25-24(20-16-18-21(28-3)19-17-20)33(26,31-22-12-8-6-9-13-22)32-23-14-10-7-11-15-23/h6-19,24H,4-5H2,1-3H3,(H,25,27). The fourth-order valence-electron chi connectivity index (χ4n) is 3.10. The lowest BCUT2D eigenvalue weighted by Gasteiger charge is -2.30. The summed E-state index contributed by atoms with van der Waals surface area (Å²) in [5.41, 5.74) is 0.482. The molecule has 0 radical (unpaired) electrons. The molecule has 10 heteroatoms. The Hall–Kier alpha value is -2.60. The number of hydrogen-bond acceptors (Lipinski definition) is 7. The minimum absolute atomic E-state index is 0.114. The minimum atomic E-state index is -4.15. The van der Waals surface area contributed by atoms with Crippen molar-refractivity contribution in [2.24, 2.45) is 0 Å². The van der Waals surface area contributed by atoms with E-state index in [4.69, 9.17) is 22.8 Å². The first-order valence-electron chi connectivity index (χ1n) is 10.8. The molecule has 0 aliphatic carbocycles. The van der Waals surface area contributed by atoms with Gasteiger partial charge in [0.05, 0.1) is 20.3 Å². The van der Waals surface area contributed by atoms with Crippen LogP contribution in [0.4, 0.5) is 0 Å². The second kappa shape index (κ2) is 12.2. The topological polar surface area (TPSA) is 92.3 Å². The number of benzene rings is 3. The van der Waals surface area contributed by atoms with E-state index in [2.05, 4.69) is 5.09 Å². The smallest absolute Gasteiger partial charge is 0.452 e. The summed E-state index contributed by atoms with van der Waals surface area (Å²) in [4.78, 5) is 0. The molecule has 0 heterocycles. The Morgan fingerprint density at radius 2 is 1.18 bits per heavy atom. The van der Waals surface area contributed by atoms with Crippen molar-refractivity contribution in [3.8, 4) is 17.2 Å². The summed E-state index contributed by atoms with van der Waals surface area (Å²) in [6, 6.07) is 24.1. The molecule has 0 saturated heterocycles. The minimum Gasteiger partial charge on any atom is -0.497 e. The lowest BCUT2D eigenvalue weighted by molar-refractivity contribution is 0.208. The molecule has 0 bridgehead atoms. The van der Waals surface area contributed by atoms with E-state index >= 15 is 0 Å². The zero-order valence-corrected chi connectivity index (χ0v) is 21.1. The quantitative estimate of drug-likeness (QED) is 0.253. The van der Waals surface area contributed by atoms with Crippen molar-refractivity contribution in [2.75, 3.05) is 20.3 Å². The molecule has 3 rings (SSSR count). The molecular weight excluding hydrogens is 476 g/mol. The summed E-state index contributed by atoms with van der Waals surface area (Å²) in [5, 5.41) is 2.82. The lowest BCUT2D eigenvalue weighted by atomic mass is 10.2. The van der Waals surface area contributed by atoms with Crippen LogP contribution in [0.3, 0.4) is 0 Å². The maximum Gasteiger partial charge on any atom is 0.452 e. The van der Waals surface area contributed by atoms with E-state index in [1.165, 1.54) is 0 Å². The number of methoxy groups -OCH3 is 1. The van der Waals surface area contributed by atoms with Crippen LogP contribution in [0, 0.1) is 0 Å². The van der Waals surface area contributed by atoms with Gasteiger partial charge in [-0.15, -0.1) is 0 Å². The van der Waals surface area contributed by atoms with Gasteiger partial charge in [-0.25, -0.2) is 14.2 Å². The fraction of sp³-hybridized carbons (Fsp3) is 0.250. The van der Waals surface area contributed by atoms with Crippen molar-refractivity contribution < 1.29 is 32.0 Å². The maximum absolute atomic E-state index is 14.5. The highest BCUT2D eigenvalue weighted by Crippen LogP contribution is 2.62. The van der Waals surface area contributed by atoms with Gasteiger partial charge in [-0.2, -0.15) is 0 Å². The van der Waals surface area contributed by atoms with E-state index < -0.39 is 21.1 Å². The Morgan fingerprint density at radius 3 is 1.59 bits per heavy atom. The van der Waals surface area contributed by atoms with Crippen LogP contribution in [0.1, 0.15) is 25.2 Å². The SMILES string of the molecule is CCOP(=O)(NC(c1ccc(OC)cc1)P(=O)(Oc1ccccc1)Oc1ccccc1)OCC. The molecule has 182 valence electrons. The molecule has 8 nitrogen and oxygen atoms in total. The maximum atomic E-state index is 14.5. The molecule has 0 spiro atoms. The van der Waals surface area contributed by atoms with Crippen molar-refractivity contribution in [1.29, 1.82) is 0 Å². The van der Waals surface area contributed by atoms with Gasteiger partial charge in [0.15, 0.2) is 5.78 Å². The van der Waals surface area contributed by atoms with Crippen LogP contribution in [0.15, 0.2) is 84.9 Å². The van der Waals surface area contributed by atoms with Crippen molar-refractivity contribution in [1.82, 2.24) is 5.09 Å². The van der Waals surface area contributed by atoms with Crippen LogP contribution in [-0.4, -0.2) is 20.3 Å². The first-order chi connectivity index (χ1) is 16.4. The Bertz CT molecular complexity index is 1060. The monoisotopic (exact) mass is 505 g/mol. The molecule has 0 aliphatic heterocycles. The summed E-state index contributed by atoms with van der Waals surface area (Å²) >= 11 is 0. The molecule has 34 heavy (non-hydrogen) atoms. The van der Waals surface area contributed by atoms with Gasteiger partial charge in [-0.1, -0.05) is 48.5 Å². The van der Waals surface area contributed by atoms with E-state index in [0.29, 0.717) is 22.8 Å². The number of para-hydroxylation sites is 2.